The molecule has 0 aliphatic carbocycles. The molecule has 2 aliphatic heterocycles. The predicted octanol–water partition coefficient (Wildman–Crippen LogP) is -0.988. The summed E-state index contributed by atoms with van der Waals surface area (Å²) in [5.74, 6) is 1.10. The minimum atomic E-state index is -0.819. The smallest absolute Gasteiger partial charge is 0.322 e. The van der Waals surface area contributed by atoms with Gasteiger partial charge in [0.15, 0.2) is 0 Å². The molecule has 8 nitrogen and oxygen atoms in total. The maximum absolute atomic E-state index is 12.6. The van der Waals surface area contributed by atoms with Crippen LogP contribution in [0.25, 0.3) is 0 Å². The highest BCUT2D eigenvalue weighted by atomic mass is 32.2. The first-order valence-electron chi connectivity index (χ1n) is 6.83. The number of amides is 3. The Kier molecular flexibility index (Phi) is 3.39. The van der Waals surface area contributed by atoms with Gasteiger partial charge >= 0.3 is 11.7 Å². The van der Waals surface area contributed by atoms with E-state index >= 15 is 0 Å². The van der Waals surface area contributed by atoms with Gasteiger partial charge in [0.2, 0.25) is 0 Å². The highest BCUT2D eigenvalue weighted by Gasteiger charge is 2.52. The largest absolute Gasteiger partial charge is 0.330 e. The Bertz CT molecular complexity index is 775. The Morgan fingerprint density at radius 1 is 1.23 bits per heavy atom. The van der Waals surface area contributed by atoms with Crippen molar-refractivity contribution in [3.63, 3.8) is 0 Å². The van der Waals surface area contributed by atoms with Crippen molar-refractivity contribution in [2.24, 2.45) is 14.1 Å². The summed E-state index contributed by atoms with van der Waals surface area (Å²) >= 11 is 1.62. The van der Waals surface area contributed by atoms with Crippen LogP contribution < -0.4 is 16.6 Å². The van der Waals surface area contributed by atoms with E-state index in [1.165, 1.54) is 24.7 Å². The number of thioether (sulfide) groups is 1. The third-order valence-electron chi connectivity index (χ3n) is 4.21. The number of imide groups is 1. The molecule has 9 heteroatoms. The number of urea groups is 1. The van der Waals surface area contributed by atoms with Gasteiger partial charge in [0.05, 0.1) is 6.54 Å². The summed E-state index contributed by atoms with van der Waals surface area (Å²) < 4.78 is 2.25. The Labute approximate surface area is 130 Å². The minimum Gasteiger partial charge on any atom is -0.322 e. The van der Waals surface area contributed by atoms with Gasteiger partial charge in [-0.1, -0.05) is 0 Å². The van der Waals surface area contributed by atoms with E-state index in [-0.39, 0.29) is 12.5 Å². The van der Waals surface area contributed by atoms with Gasteiger partial charge in [-0.05, 0) is 12.2 Å². The molecule has 3 heterocycles. The molecule has 3 rings (SSSR count). The van der Waals surface area contributed by atoms with Crippen LogP contribution in [0.5, 0.6) is 0 Å². The number of nitrogens with one attached hydrogen (secondary N) is 1. The number of rotatable bonds is 2. The second-order valence-electron chi connectivity index (χ2n) is 5.58. The summed E-state index contributed by atoms with van der Waals surface area (Å²) in [5, 5.41) is 2.76. The molecule has 22 heavy (non-hydrogen) atoms. The summed E-state index contributed by atoms with van der Waals surface area (Å²) in [7, 11) is 2.89. The molecular formula is C13H16N4O4S. The number of hydrogen-bond donors (Lipinski definition) is 1. The molecule has 118 valence electrons. The zero-order chi connectivity index (χ0) is 16.1. The Morgan fingerprint density at radius 3 is 2.59 bits per heavy atom. The second kappa shape index (κ2) is 5.01. The molecule has 1 aromatic heterocycles. The number of carbonyl (C=O) groups is 2. The topological polar surface area (TPSA) is 93.4 Å². The van der Waals surface area contributed by atoms with Crippen LogP contribution in [0.2, 0.25) is 0 Å². The molecule has 1 unspecified atom stereocenters. The maximum atomic E-state index is 12.6. The molecular weight excluding hydrogens is 308 g/mol. The molecule has 0 bridgehead atoms. The lowest BCUT2D eigenvalue weighted by Gasteiger charge is -2.19. The van der Waals surface area contributed by atoms with Crippen LogP contribution >= 0.6 is 11.8 Å². The van der Waals surface area contributed by atoms with E-state index in [0.29, 0.717) is 17.9 Å². The molecule has 1 spiro atoms. The predicted molar refractivity (Wildman–Crippen MR) is 80.7 cm³/mol. The van der Waals surface area contributed by atoms with Crippen molar-refractivity contribution in [1.82, 2.24) is 19.4 Å². The molecule has 1 aromatic rings. The Morgan fingerprint density at radius 2 is 1.95 bits per heavy atom. The summed E-state index contributed by atoms with van der Waals surface area (Å²) in [6, 6.07) is 0.803. The second-order valence-corrected chi connectivity index (χ2v) is 6.69. The third kappa shape index (κ3) is 2.07. The summed E-state index contributed by atoms with van der Waals surface area (Å²) in [6.07, 6.45) is 0.605. The first kappa shape index (κ1) is 14.9. The van der Waals surface area contributed by atoms with Crippen molar-refractivity contribution in [1.29, 1.82) is 0 Å². The average Bonchev–Trinajstić information content (AvgIpc) is 3.03. The van der Waals surface area contributed by atoms with Gasteiger partial charge in [0.1, 0.15) is 5.54 Å². The zero-order valence-corrected chi connectivity index (χ0v) is 13.1. The minimum absolute atomic E-state index is 0.0844. The lowest BCUT2D eigenvalue weighted by atomic mass is 9.99. The Hall–Kier alpha value is -2.03. The summed E-state index contributed by atoms with van der Waals surface area (Å²) in [5.41, 5.74) is -1.43. The lowest BCUT2D eigenvalue weighted by Crippen LogP contribution is -2.47. The standard InChI is InChI=1S/C13H16N4O4S/c1-15-8(5-9(18)16(2)12(15)21)6-17-10(19)13(14-11(17)20)3-4-22-7-13/h5H,3-4,6-7H2,1-2H3,(H,14,20). The molecule has 0 aromatic carbocycles. The van der Waals surface area contributed by atoms with E-state index in [9.17, 15) is 19.2 Å². The van der Waals surface area contributed by atoms with Gasteiger partial charge in [-0.25, -0.2) is 9.59 Å². The first-order valence-corrected chi connectivity index (χ1v) is 7.99. The first-order chi connectivity index (χ1) is 10.4. The quantitative estimate of drug-likeness (QED) is 0.705. The van der Waals surface area contributed by atoms with Crippen LogP contribution in [0, 0.1) is 0 Å². The molecule has 1 atom stereocenters. The zero-order valence-electron chi connectivity index (χ0n) is 12.3. The van der Waals surface area contributed by atoms with E-state index in [1.54, 1.807) is 11.8 Å². The van der Waals surface area contributed by atoms with Crippen molar-refractivity contribution in [3.8, 4) is 0 Å². The van der Waals surface area contributed by atoms with Crippen molar-refractivity contribution < 1.29 is 9.59 Å². The molecule has 2 saturated heterocycles. The fourth-order valence-corrected chi connectivity index (χ4v) is 4.07. The van der Waals surface area contributed by atoms with Crippen molar-refractivity contribution >= 4 is 23.7 Å². The van der Waals surface area contributed by atoms with Gasteiger partial charge in [-0.2, -0.15) is 11.8 Å². The highest BCUT2D eigenvalue weighted by molar-refractivity contribution is 7.99. The Balaban J connectivity index is 1.94. The number of carbonyl (C=O) groups excluding carboxylic acids is 2. The van der Waals surface area contributed by atoms with E-state index in [0.717, 1.165) is 15.2 Å². The van der Waals surface area contributed by atoms with Crippen LogP contribution in [0.15, 0.2) is 15.7 Å². The van der Waals surface area contributed by atoms with Crippen LogP contribution in [0.3, 0.4) is 0 Å². The van der Waals surface area contributed by atoms with E-state index in [4.69, 9.17) is 0 Å². The van der Waals surface area contributed by atoms with Crippen molar-refractivity contribution in [3.05, 3.63) is 32.6 Å². The van der Waals surface area contributed by atoms with Crippen molar-refractivity contribution in [2.75, 3.05) is 11.5 Å². The van der Waals surface area contributed by atoms with Crippen LogP contribution in [0.4, 0.5) is 4.79 Å². The van der Waals surface area contributed by atoms with Gasteiger partial charge in [0.25, 0.3) is 11.5 Å². The average molecular weight is 324 g/mol. The van der Waals surface area contributed by atoms with Crippen LogP contribution in [-0.2, 0) is 25.4 Å². The SMILES string of the molecule is Cn1c(CN2C(=O)NC3(CCSC3)C2=O)cc(=O)n(C)c1=O. The normalized spacial score (nSPS) is 24.4. The molecule has 0 radical (unpaired) electrons. The molecule has 2 fully saturated rings. The summed E-state index contributed by atoms with van der Waals surface area (Å²) in [4.78, 5) is 49.4. The molecule has 2 aliphatic rings. The summed E-state index contributed by atoms with van der Waals surface area (Å²) in [6.45, 7) is -0.0844. The maximum Gasteiger partial charge on any atom is 0.330 e. The van der Waals surface area contributed by atoms with Gasteiger partial charge in [-0.15, -0.1) is 0 Å². The van der Waals surface area contributed by atoms with E-state index in [1.807, 2.05) is 0 Å². The fourth-order valence-electron chi connectivity index (χ4n) is 2.74. The third-order valence-corrected chi connectivity index (χ3v) is 5.40. The van der Waals surface area contributed by atoms with Gasteiger partial charge < -0.3 is 5.32 Å². The fraction of sp³-hybridized carbons (Fsp3) is 0.538. The van der Waals surface area contributed by atoms with E-state index < -0.39 is 22.8 Å². The number of nitrogens with zero attached hydrogens (tertiary/aromatic N) is 3. The molecule has 1 N–H and O–H groups in total. The lowest BCUT2D eigenvalue weighted by molar-refractivity contribution is -0.130. The van der Waals surface area contributed by atoms with Crippen LogP contribution in [-0.4, -0.2) is 43.0 Å². The van der Waals surface area contributed by atoms with Crippen molar-refractivity contribution in [2.45, 2.75) is 18.5 Å². The van der Waals surface area contributed by atoms with Gasteiger partial charge in [0, 0.05) is 31.6 Å². The van der Waals surface area contributed by atoms with E-state index in [2.05, 4.69) is 5.32 Å². The highest BCUT2D eigenvalue weighted by Crippen LogP contribution is 2.33. The number of hydrogen-bond acceptors (Lipinski definition) is 5. The molecule has 3 amide bonds. The van der Waals surface area contributed by atoms with Crippen LogP contribution in [0.1, 0.15) is 12.1 Å². The molecule has 0 saturated carbocycles. The monoisotopic (exact) mass is 324 g/mol. The van der Waals surface area contributed by atoms with Gasteiger partial charge in [-0.3, -0.25) is 23.6 Å². The number of aromatic nitrogens is 2.